The number of rotatable bonds is 4. The lowest BCUT2D eigenvalue weighted by Gasteiger charge is -2.04. The smallest absolute Gasteiger partial charge is 0.242 e. The third-order valence-electron chi connectivity index (χ3n) is 1.96. The molecular weight excluding hydrogens is 244 g/mol. The highest BCUT2D eigenvalue weighted by Gasteiger charge is 2.14. The lowest BCUT2D eigenvalue weighted by atomic mass is 10.5. The van der Waals surface area contributed by atoms with E-state index in [2.05, 4.69) is 24.9 Å². The number of nitrogens with zero attached hydrogens (tertiary/aromatic N) is 3. The third-order valence-corrected chi connectivity index (χ3v) is 3.35. The Labute approximate surface area is 97.3 Å². The number of aromatic amines is 1. The number of nitrogens with two attached hydrogens (primary N) is 1. The van der Waals surface area contributed by atoms with Crippen molar-refractivity contribution in [3.63, 3.8) is 0 Å². The molecule has 0 saturated heterocycles. The van der Waals surface area contributed by atoms with Gasteiger partial charge in [0, 0.05) is 6.20 Å². The zero-order valence-electron chi connectivity index (χ0n) is 8.66. The molecule has 2 aromatic rings. The van der Waals surface area contributed by atoms with Gasteiger partial charge in [0.1, 0.15) is 22.9 Å². The first-order valence-electron chi connectivity index (χ1n) is 4.63. The topological polar surface area (TPSA) is 127 Å². The van der Waals surface area contributed by atoms with E-state index in [9.17, 15) is 8.42 Å². The van der Waals surface area contributed by atoms with E-state index in [1.54, 1.807) is 0 Å². The third kappa shape index (κ3) is 2.77. The Bertz CT molecular complexity index is 577. The molecule has 17 heavy (non-hydrogen) atoms. The number of aromatic nitrogens is 4. The van der Waals surface area contributed by atoms with E-state index in [-0.39, 0.29) is 17.3 Å². The molecule has 0 bridgehead atoms. The Morgan fingerprint density at radius 2 is 2.18 bits per heavy atom. The molecule has 90 valence electrons. The fraction of sp³-hybridized carbons (Fsp3) is 0.125. The fourth-order valence-electron chi connectivity index (χ4n) is 1.11. The largest absolute Gasteiger partial charge is 0.384 e. The van der Waals surface area contributed by atoms with Crippen molar-refractivity contribution in [1.29, 1.82) is 0 Å². The maximum absolute atomic E-state index is 11.8. The minimum atomic E-state index is -3.61. The van der Waals surface area contributed by atoms with Crippen LogP contribution in [0.25, 0.3) is 0 Å². The molecule has 2 rings (SSSR count). The van der Waals surface area contributed by atoms with Crippen molar-refractivity contribution >= 4 is 15.8 Å². The van der Waals surface area contributed by atoms with Crippen molar-refractivity contribution in [2.45, 2.75) is 11.4 Å². The molecule has 0 atom stereocenters. The number of nitrogen functional groups attached to an aromatic ring is 1. The van der Waals surface area contributed by atoms with Gasteiger partial charge in [0.05, 0.1) is 6.54 Å². The van der Waals surface area contributed by atoms with E-state index in [0.717, 1.165) is 0 Å². The molecule has 9 heteroatoms. The molecule has 0 unspecified atom stereocenters. The van der Waals surface area contributed by atoms with Crippen molar-refractivity contribution in [3.8, 4) is 0 Å². The monoisotopic (exact) mass is 254 g/mol. The van der Waals surface area contributed by atoms with Crippen LogP contribution in [-0.2, 0) is 16.6 Å². The Kier molecular flexibility index (Phi) is 3.02. The van der Waals surface area contributed by atoms with Crippen LogP contribution in [0.1, 0.15) is 5.82 Å². The summed E-state index contributed by atoms with van der Waals surface area (Å²) in [5.41, 5.74) is 5.37. The van der Waals surface area contributed by atoms with Gasteiger partial charge < -0.3 is 5.73 Å². The molecule has 0 aliphatic heterocycles. The van der Waals surface area contributed by atoms with Gasteiger partial charge in [-0.15, -0.1) is 0 Å². The lowest BCUT2D eigenvalue weighted by Crippen LogP contribution is -2.24. The summed E-state index contributed by atoms with van der Waals surface area (Å²) >= 11 is 0. The number of hydrogen-bond donors (Lipinski definition) is 3. The average molecular weight is 254 g/mol. The minimum absolute atomic E-state index is 0.0344. The maximum Gasteiger partial charge on any atom is 0.242 e. The van der Waals surface area contributed by atoms with Crippen LogP contribution >= 0.6 is 0 Å². The predicted molar refractivity (Wildman–Crippen MR) is 59.1 cm³/mol. The normalized spacial score (nSPS) is 11.5. The van der Waals surface area contributed by atoms with Crippen LogP contribution in [0, 0.1) is 0 Å². The first kappa shape index (κ1) is 11.5. The zero-order valence-corrected chi connectivity index (χ0v) is 9.48. The molecule has 0 aliphatic carbocycles. The van der Waals surface area contributed by atoms with Gasteiger partial charge >= 0.3 is 0 Å². The second-order valence-corrected chi connectivity index (χ2v) is 4.94. The number of pyridine rings is 1. The Balaban J connectivity index is 2.11. The second-order valence-electron chi connectivity index (χ2n) is 3.18. The Morgan fingerprint density at radius 3 is 2.76 bits per heavy atom. The van der Waals surface area contributed by atoms with Crippen LogP contribution in [0.3, 0.4) is 0 Å². The van der Waals surface area contributed by atoms with Crippen molar-refractivity contribution in [2.24, 2.45) is 0 Å². The lowest BCUT2D eigenvalue weighted by molar-refractivity contribution is 0.579. The number of H-pyrrole nitrogens is 1. The molecule has 0 spiro atoms. The Hall–Kier alpha value is -2.00. The number of anilines is 1. The standard InChI is InChI=1S/C8H10N6O2S/c9-7-2-1-6(3-10-7)17(15,16)13-4-8-11-5-12-14-8/h1-3,5,13H,4H2,(H2,9,10)(H,11,12,14). The van der Waals surface area contributed by atoms with E-state index in [1.807, 2.05) is 0 Å². The van der Waals surface area contributed by atoms with Crippen molar-refractivity contribution in [1.82, 2.24) is 24.9 Å². The van der Waals surface area contributed by atoms with Gasteiger partial charge in [-0.3, -0.25) is 5.10 Å². The molecule has 2 aromatic heterocycles. The van der Waals surface area contributed by atoms with Crippen LogP contribution in [0.4, 0.5) is 5.82 Å². The zero-order chi connectivity index (χ0) is 12.3. The van der Waals surface area contributed by atoms with E-state index >= 15 is 0 Å². The highest BCUT2D eigenvalue weighted by molar-refractivity contribution is 7.89. The van der Waals surface area contributed by atoms with E-state index < -0.39 is 10.0 Å². The molecule has 2 heterocycles. The number of nitrogens with one attached hydrogen (secondary N) is 2. The van der Waals surface area contributed by atoms with Crippen molar-refractivity contribution in [3.05, 3.63) is 30.5 Å². The van der Waals surface area contributed by atoms with E-state index in [0.29, 0.717) is 5.82 Å². The van der Waals surface area contributed by atoms with Gasteiger partial charge in [-0.2, -0.15) is 5.10 Å². The van der Waals surface area contributed by atoms with Crippen molar-refractivity contribution < 1.29 is 8.42 Å². The van der Waals surface area contributed by atoms with Crippen LogP contribution in [0.5, 0.6) is 0 Å². The molecule has 0 aliphatic rings. The molecule has 4 N–H and O–H groups in total. The maximum atomic E-state index is 11.8. The van der Waals surface area contributed by atoms with Crippen LogP contribution in [0.2, 0.25) is 0 Å². The van der Waals surface area contributed by atoms with Crippen LogP contribution < -0.4 is 10.5 Å². The number of sulfonamides is 1. The molecule has 0 aromatic carbocycles. The summed E-state index contributed by atoms with van der Waals surface area (Å²) in [5.74, 6) is 0.691. The van der Waals surface area contributed by atoms with E-state index in [1.165, 1.54) is 24.7 Å². The van der Waals surface area contributed by atoms with Gasteiger partial charge in [-0.05, 0) is 12.1 Å². The summed E-state index contributed by atoms with van der Waals surface area (Å²) in [6.07, 6.45) is 2.49. The highest BCUT2D eigenvalue weighted by atomic mass is 32.2. The molecular formula is C8H10N6O2S. The first-order chi connectivity index (χ1) is 8.08. The summed E-state index contributed by atoms with van der Waals surface area (Å²) < 4.78 is 25.9. The average Bonchev–Trinajstić information content (AvgIpc) is 2.80. The second kappa shape index (κ2) is 4.47. The molecule has 0 fully saturated rings. The summed E-state index contributed by atoms with van der Waals surface area (Å²) in [7, 11) is -3.61. The summed E-state index contributed by atoms with van der Waals surface area (Å²) in [5, 5.41) is 6.15. The molecule has 0 amide bonds. The molecule has 0 radical (unpaired) electrons. The molecule has 0 saturated carbocycles. The van der Waals surface area contributed by atoms with Gasteiger partial charge in [-0.25, -0.2) is 23.1 Å². The van der Waals surface area contributed by atoms with E-state index in [4.69, 9.17) is 5.73 Å². The summed E-state index contributed by atoms with van der Waals surface area (Å²) in [6.45, 7) is 0.0344. The van der Waals surface area contributed by atoms with Gasteiger partial charge in [0.15, 0.2) is 0 Å². The van der Waals surface area contributed by atoms with Gasteiger partial charge in [0.25, 0.3) is 0 Å². The van der Waals surface area contributed by atoms with Gasteiger partial charge in [-0.1, -0.05) is 0 Å². The van der Waals surface area contributed by atoms with Crippen LogP contribution in [0.15, 0.2) is 29.6 Å². The molecule has 8 nitrogen and oxygen atoms in total. The first-order valence-corrected chi connectivity index (χ1v) is 6.12. The summed E-state index contributed by atoms with van der Waals surface area (Å²) in [6, 6.07) is 2.80. The quantitative estimate of drug-likeness (QED) is 0.659. The van der Waals surface area contributed by atoms with Crippen molar-refractivity contribution in [2.75, 3.05) is 5.73 Å². The van der Waals surface area contributed by atoms with Gasteiger partial charge in [0.2, 0.25) is 10.0 Å². The summed E-state index contributed by atoms with van der Waals surface area (Å²) in [4.78, 5) is 7.56. The predicted octanol–water partition coefficient (Wildman–Crippen LogP) is -0.740. The fourth-order valence-corrected chi connectivity index (χ4v) is 2.05. The SMILES string of the molecule is Nc1ccc(S(=O)(=O)NCc2ncn[nH]2)cn1. The number of hydrogen-bond acceptors (Lipinski definition) is 6. The Morgan fingerprint density at radius 1 is 1.35 bits per heavy atom. The highest BCUT2D eigenvalue weighted by Crippen LogP contribution is 2.08. The van der Waals surface area contributed by atoms with Crippen LogP contribution in [-0.4, -0.2) is 28.6 Å². The minimum Gasteiger partial charge on any atom is -0.384 e.